The molecule has 0 unspecified atom stereocenters. The van der Waals surface area contributed by atoms with Gasteiger partial charge in [0, 0.05) is 5.56 Å². The number of hydrogen-bond donors (Lipinski definition) is 0. The molecule has 1 aromatic carbocycles. The molecule has 0 spiro atoms. The number of ether oxygens (including phenoxy) is 2. The highest BCUT2D eigenvalue weighted by atomic mass is 31.2. The van der Waals surface area contributed by atoms with Crippen LogP contribution in [0, 0.1) is 11.8 Å². The van der Waals surface area contributed by atoms with E-state index in [1.165, 1.54) is 18.4 Å². The average Bonchev–Trinajstić information content (AvgIpc) is 2.67. The molecule has 0 radical (unpaired) electrons. The highest BCUT2D eigenvalue weighted by Crippen LogP contribution is 2.62. The zero-order chi connectivity index (χ0) is 21.4. The van der Waals surface area contributed by atoms with E-state index < -0.39 is 7.82 Å². The summed E-state index contributed by atoms with van der Waals surface area (Å²) in [6, 6.07) is 2.03. The van der Waals surface area contributed by atoms with Gasteiger partial charge in [0.05, 0.1) is 27.4 Å². The van der Waals surface area contributed by atoms with Crippen molar-refractivity contribution in [3.63, 3.8) is 0 Å². The van der Waals surface area contributed by atoms with Gasteiger partial charge in [0.1, 0.15) is 0 Å². The van der Waals surface area contributed by atoms with Gasteiger partial charge in [-0.25, -0.2) is 4.57 Å². The first-order valence-corrected chi connectivity index (χ1v) is 12.1. The normalized spacial score (nSPS) is 25.3. The van der Waals surface area contributed by atoms with Gasteiger partial charge in [0.2, 0.25) is 5.75 Å². The van der Waals surface area contributed by atoms with E-state index in [0.29, 0.717) is 35.0 Å². The van der Waals surface area contributed by atoms with Crippen LogP contribution in [-0.2, 0) is 19.0 Å². The molecule has 0 aromatic heterocycles. The van der Waals surface area contributed by atoms with Crippen LogP contribution in [0.15, 0.2) is 6.07 Å². The monoisotopic (exact) mass is 426 g/mol. The van der Waals surface area contributed by atoms with Crippen molar-refractivity contribution in [3.8, 4) is 17.2 Å². The van der Waals surface area contributed by atoms with E-state index in [4.69, 9.17) is 23.0 Å². The second-order valence-corrected chi connectivity index (χ2v) is 10.2. The van der Waals surface area contributed by atoms with Crippen molar-refractivity contribution >= 4 is 7.82 Å². The minimum atomic E-state index is -3.79. The molecule has 1 saturated carbocycles. The summed E-state index contributed by atoms with van der Waals surface area (Å²) in [7, 11) is -0.583. The molecular weight excluding hydrogens is 391 g/mol. The fourth-order valence-electron chi connectivity index (χ4n) is 5.09. The Labute approximate surface area is 174 Å². The van der Waals surface area contributed by atoms with Crippen LogP contribution in [0.5, 0.6) is 17.2 Å². The first-order chi connectivity index (χ1) is 13.7. The summed E-state index contributed by atoms with van der Waals surface area (Å²) in [4.78, 5) is 0. The van der Waals surface area contributed by atoms with Crippen molar-refractivity contribution in [1.29, 1.82) is 0 Å². The van der Waals surface area contributed by atoms with Crippen LogP contribution < -0.4 is 14.0 Å². The Kier molecular flexibility index (Phi) is 6.57. The zero-order valence-corrected chi connectivity index (χ0v) is 19.6. The summed E-state index contributed by atoms with van der Waals surface area (Å²) in [6.45, 7) is 10.8. The lowest BCUT2D eigenvalue weighted by Gasteiger charge is -2.50. The van der Waals surface area contributed by atoms with Crippen LogP contribution in [-0.4, -0.2) is 27.4 Å². The molecule has 0 N–H and O–H groups in total. The lowest BCUT2D eigenvalue weighted by molar-refractivity contribution is 0.147. The summed E-state index contributed by atoms with van der Waals surface area (Å²) in [5.41, 5.74) is 2.37. The Morgan fingerprint density at radius 2 is 1.72 bits per heavy atom. The summed E-state index contributed by atoms with van der Waals surface area (Å²) in [5.74, 6) is 2.91. The number of phosphoric acid groups is 1. The lowest BCUT2D eigenvalue weighted by atomic mass is 9.55. The van der Waals surface area contributed by atoms with Crippen molar-refractivity contribution in [1.82, 2.24) is 0 Å². The van der Waals surface area contributed by atoms with E-state index >= 15 is 0 Å². The van der Waals surface area contributed by atoms with Crippen LogP contribution in [0.2, 0.25) is 0 Å². The van der Waals surface area contributed by atoms with Crippen molar-refractivity contribution in [2.45, 2.75) is 65.2 Å². The molecule has 1 fully saturated rings. The fourth-order valence-corrected chi connectivity index (χ4v) is 6.30. The predicted molar refractivity (Wildman–Crippen MR) is 113 cm³/mol. The van der Waals surface area contributed by atoms with E-state index in [-0.39, 0.29) is 18.6 Å². The van der Waals surface area contributed by atoms with Crippen LogP contribution in [0.3, 0.4) is 0 Å². The lowest BCUT2D eigenvalue weighted by Crippen LogP contribution is -2.41. The molecule has 0 aliphatic heterocycles. The van der Waals surface area contributed by atoms with Crippen LogP contribution in [0.4, 0.5) is 0 Å². The quantitative estimate of drug-likeness (QED) is 0.470. The topological polar surface area (TPSA) is 63.2 Å². The van der Waals surface area contributed by atoms with Crippen molar-refractivity contribution in [3.05, 3.63) is 17.2 Å². The Balaban J connectivity index is 2.21. The molecule has 164 valence electrons. The van der Waals surface area contributed by atoms with E-state index in [1.807, 2.05) is 6.07 Å². The summed E-state index contributed by atoms with van der Waals surface area (Å²) in [5, 5.41) is 0. The van der Waals surface area contributed by atoms with Gasteiger partial charge in [0.15, 0.2) is 11.5 Å². The third kappa shape index (κ3) is 3.92. The highest BCUT2D eigenvalue weighted by Gasteiger charge is 2.48. The largest absolute Gasteiger partial charge is 0.530 e. The SMILES string of the molecule is CCOP(=O)(OCC)Oc1c(OC)cc2c(c1OC)[C@H]1C[C@H](CC[C@@H]1C)C2(C)C. The summed E-state index contributed by atoms with van der Waals surface area (Å²) < 4.78 is 41.3. The molecule has 0 saturated heterocycles. The molecular formula is C22H35O6P. The van der Waals surface area contributed by atoms with E-state index in [2.05, 4.69) is 20.8 Å². The third-order valence-corrected chi connectivity index (χ3v) is 8.28. The van der Waals surface area contributed by atoms with Crippen molar-refractivity contribution in [2.24, 2.45) is 11.8 Å². The summed E-state index contributed by atoms with van der Waals surface area (Å²) in [6.07, 6.45) is 3.55. The number of fused-ring (bicyclic) bond motifs is 4. The molecule has 6 nitrogen and oxygen atoms in total. The van der Waals surface area contributed by atoms with Gasteiger partial charge in [-0.3, -0.25) is 9.05 Å². The van der Waals surface area contributed by atoms with Gasteiger partial charge in [-0.15, -0.1) is 0 Å². The Morgan fingerprint density at radius 1 is 1.07 bits per heavy atom. The van der Waals surface area contributed by atoms with Gasteiger partial charge in [-0.05, 0) is 67.9 Å². The van der Waals surface area contributed by atoms with Gasteiger partial charge in [-0.1, -0.05) is 20.8 Å². The zero-order valence-electron chi connectivity index (χ0n) is 18.7. The minimum absolute atomic E-state index is 0.00536. The third-order valence-electron chi connectivity index (χ3n) is 6.72. The van der Waals surface area contributed by atoms with Gasteiger partial charge < -0.3 is 14.0 Å². The maximum absolute atomic E-state index is 13.1. The number of hydrogen-bond acceptors (Lipinski definition) is 6. The second-order valence-electron chi connectivity index (χ2n) is 8.59. The summed E-state index contributed by atoms with van der Waals surface area (Å²) >= 11 is 0. The Hall–Kier alpha value is -1.23. The first kappa shape index (κ1) is 22.5. The average molecular weight is 426 g/mol. The maximum atomic E-state index is 13.1. The van der Waals surface area contributed by atoms with Gasteiger partial charge >= 0.3 is 7.82 Å². The number of phosphoric ester groups is 1. The fraction of sp³-hybridized carbons (Fsp3) is 0.727. The molecule has 3 rings (SSSR count). The smallest absolute Gasteiger partial charge is 0.493 e. The highest BCUT2D eigenvalue weighted by molar-refractivity contribution is 7.48. The van der Waals surface area contributed by atoms with Gasteiger partial charge in [-0.2, -0.15) is 0 Å². The number of benzene rings is 1. The molecule has 7 heteroatoms. The van der Waals surface area contributed by atoms with E-state index in [9.17, 15) is 4.57 Å². The van der Waals surface area contributed by atoms with Crippen molar-refractivity contribution < 1.29 is 27.6 Å². The molecule has 0 heterocycles. The standard InChI is InChI=1S/C22H35O6P/c1-8-26-29(23,27-9-2)28-20-18(24-6)13-17-19(21(20)25-7)16-12-15(22(17,4)5)11-10-14(16)3/h13-16H,8-12H2,1-7H3/t14-,15-,16-/m0/s1. The molecule has 29 heavy (non-hydrogen) atoms. The predicted octanol–water partition coefficient (Wildman–Crippen LogP) is 6.07. The van der Waals surface area contributed by atoms with E-state index in [0.717, 1.165) is 12.0 Å². The minimum Gasteiger partial charge on any atom is -0.493 e. The molecule has 2 bridgehead atoms. The van der Waals surface area contributed by atoms with Crippen LogP contribution >= 0.6 is 7.82 Å². The second kappa shape index (κ2) is 8.49. The van der Waals surface area contributed by atoms with E-state index in [1.54, 1.807) is 28.1 Å². The van der Waals surface area contributed by atoms with Gasteiger partial charge in [0.25, 0.3) is 0 Å². The number of rotatable bonds is 8. The maximum Gasteiger partial charge on any atom is 0.530 e. The first-order valence-electron chi connectivity index (χ1n) is 10.6. The number of methoxy groups -OCH3 is 2. The molecule has 1 aromatic rings. The Morgan fingerprint density at radius 3 is 2.28 bits per heavy atom. The Bertz CT molecular complexity index is 780. The van der Waals surface area contributed by atoms with Crippen molar-refractivity contribution in [2.75, 3.05) is 27.4 Å². The molecule has 2 aliphatic rings. The molecule has 0 amide bonds. The molecule has 2 aliphatic carbocycles. The van der Waals surface area contributed by atoms with Crippen LogP contribution in [0.25, 0.3) is 0 Å². The van der Waals surface area contributed by atoms with Crippen LogP contribution in [0.1, 0.15) is 70.9 Å². The molecule has 3 atom stereocenters.